The standard InChI is InChI=1S/C18H19N5O4/c1-10(15(25)12-5-7-13(8-6-12)20-11(2)24)23-9-19-16-14(23)17(26)22(4)18(27)21(16)3/h5-10H,1-4H3,(H,20,24)/t10-/m0/s1. The van der Waals surface area contributed by atoms with Gasteiger partial charge in [0, 0.05) is 32.3 Å². The molecule has 0 fully saturated rings. The SMILES string of the molecule is CC(=O)Nc1ccc(C(=O)[C@H](C)n2cnc3c2c(=O)n(C)c(=O)n3C)cc1. The summed E-state index contributed by atoms with van der Waals surface area (Å²) in [5, 5.41) is 2.64. The van der Waals surface area contributed by atoms with Gasteiger partial charge in [-0.25, -0.2) is 9.78 Å². The lowest BCUT2D eigenvalue weighted by Crippen LogP contribution is -2.38. The fourth-order valence-corrected chi connectivity index (χ4v) is 2.95. The molecule has 1 atom stereocenters. The average molecular weight is 369 g/mol. The Hall–Kier alpha value is -3.49. The summed E-state index contributed by atoms with van der Waals surface area (Å²) in [7, 11) is 2.91. The number of ketones is 1. The van der Waals surface area contributed by atoms with Crippen molar-refractivity contribution in [3.63, 3.8) is 0 Å². The van der Waals surface area contributed by atoms with Crippen LogP contribution in [-0.4, -0.2) is 30.4 Å². The lowest BCUT2D eigenvalue weighted by atomic mass is 10.0. The van der Waals surface area contributed by atoms with Gasteiger partial charge in [0.15, 0.2) is 16.9 Å². The van der Waals surface area contributed by atoms with Crippen LogP contribution in [0.15, 0.2) is 40.2 Å². The molecule has 2 heterocycles. The predicted molar refractivity (Wildman–Crippen MR) is 100 cm³/mol. The van der Waals surface area contributed by atoms with Crippen LogP contribution in [0.5, 0.6) is 0 Å². The van der Waals surface area contributed by atoms with Gasteiger partial charge in [-0.2, -0.15) is 0 Å². The molecule has 0 aliphatic rings. The zero-order valence-electron chi connectivity index (χ0n) is 15.4. The van der Waals surface area contributed by atoms with Gasteiger partial charge in [0.25, 0.3) is 5.56 Å². The lowest BCUT2D eigenvalue weighted by molar-refractivity contribution is -0.114. The van der Waals surface area contributed by atoms with Crippen LogP contribution >= 0.6 is 0 Å². The average Bonchev–Trinajstić information content (AvgIpc) is 3.09. The number of carbonyl (C=O) groups is 2. The van der Waals surface area contributed by atoms with Crippen LogP contribution in [0.25, 0.3) is 11.2 Å². The first-order valence-electron chi connectivity index (χ1n) is 8.26. The smallest absolute Gasteiger partial charge is 0.326 e. The topological polar surface area (TPSA) is 108 Å². The highest BCUT2D eigenvalue weighted by molar-refractivity contribution is 6.00. The number of aryl methyl sites for hydroxylation is 1. The number of fused-ring (bicyclic) bond motifs is 1. The van der Waals surface area contributed by atoms with Crippen LogP contribution < -0.4 is 16.6 Å². The summed E-state index contributed by atoms with van der Waals surface area (Å²) in [4.78, 5) is 52.6. The van der Waals surface area contributed by atoms with E-state index in [2.05, 4.69) is 10.3 Å². The molecule has 1 aromatic carbocycles. The van der Waals surface area contributed by atoms with E-state index in [1.807, 2.05) is 0 Å². The number of imidazole rings is 1. The fourth-order valence-electron chi connectivity index (χ4n) is 2.95. The van der Waals surface area contributed by atoms with Crippen LogP contribution in [0.2, 0.25) is 0 Å². The van der Waals surface area contributed by atoms with Crippen LogP contribution in [0.3, 0.4) is 0 Å². The van der Waals surface area contributed by atoms with Crippen molar-refractivity contribution in [2.45, 2.75) is 19.9 Å². The molecule has 27 heavy (non-hydrogen) atoms. The van der Waals surface area contributed by atoms with Crippen LogP contribution in [0.4, 0.5) is 5.69 Å². The zero-order valence-corrected chi connectivity index (χ0v) is 15.4. The molecule has 0 unspecified atom stereocenters. The van der Waals surface area contributed by atoms with E-state index in [0.717, 1.165) is 4.57 Å². The first kappa shape index (κ1) is 18.3. The highest BCUT2D eigenvalue weighted by Gasteiger charge is 2.22. The normalized spacial score (nSPS) is 12.1. The Morgan fingerprint density at radius 1 is 1.07 bits per heavy atom. The third-order valence-electron chi connectivity index (χ3n) is 4.46. The van der Waals surface area contributed by atoms with Crippen molar-refractivity contribution in [2.24, 2.45) is 14.1 Å². The molecule has 0 radical (unpaired) electrons. The van der Waals surface area contributed by atoms with Gasteiger partial charge < -0.3 is 9.88 Å². The monoisotopic (exact) mass is 369 g/mol. The minimum absolute atomic E-state index is 0.190. The number of carbonyl (C=O) groups excluding carboxylic acids is 2. The largest absolute Gasteiger partial charge is 0.332 e. The second-order valence-corrected chi connectivity index (χ2v) is 6.33. The molecule has 0 saturated carbocycles. The number of aromatic nitrogens is 4. The quantitative estimate of drug-likeness (QED) is 0.686. The van der Waals surface area contributed by atoms with E-state index in [1.165, 1.54) is 36.5 Å². The van der Waals surface area contributed by atoms with Crippen molar-refractivity contribution in [3.05, 3.63) is 57.0 Å². The Labute approximate surface area is 153 Å². The maximum Gasteiger partial charge on any atom is 0.332 e. The number of nitrogens with zero attached hydrogens (tertiary/aromatic N) is 4. The molecule has 0 bridgehead atoms. The Balaban J connectivity index is 2.02. The molecule has 3 aromatic rings. The fraction of sp³-hybridized carbons (Fsp3) is 0.278. The molecule has 0 aliphatic heterocycles. The summed E-state index contributed by atoms with van der Waals surface area (Å²) in [5.74, 6) is -0.423. The second-order valence-electron chi connectivity index (χ2n) is 6.33. The molecule has 2 aromatic heterocycles. The van der Waals surface area contributed by atoms with Crippen molar-refractivity contribution in [2.75, 3.05) is 5.32 Å². The molecule has 1 N–H and O–H groups in total. The number of amides is 1. The molecule has 0 spiro atoms. The number of benzene rings is 1. The number of nitrogens with one attached hydrogen (secondary N) is 1. The molecule has 0 aliphatic carbocycles. The molecule has 1 amide bonds. The number of hydrogen-bond acceptors (Lipinski definition) is 5. The number of Topliss-reactive ketones (excluding diaryl/α,β-unsaturated/α-hetero) is 1. The Morgan fingerprint density at radius 3 is 2.30 bits per heavy atom. The Morgan fingerprint density at radius 2 is 1.70 bits per heavy atom. The van der Waals surface area contributed by atoms with Crippen molar-refractivity contribution < 1.29 is 9.59 Å². The van der Waals surface area contributed by atoms with Crippen LogP contribution in [0, 0.1) is 0 Å². The summed E-state index contributed by atoms with van der Waals surface area (Å²) < 4.78 is 3.73. The van der Waals surface area contributed by atoms with Gasteiger partial charge in [0.05, 0.1) is 12.4 Å². The predicted octanol–water partition coefficient (Wildman–Crippen LogP) is 0.836. The number of hydrogen-bond donors (Lipinski definition) is 1. The van der Waals surface area contributed by atoms with Crippen molar-refractivity contribution in [1.82, 2.24) is 18.7 Å². The van der Waals surface area contributed by atoms with Gasteiger partial charge in [-0.15, -0.1) is 0 Å². The van der Waals surface area contributed by atoms with Gasteiger partial charge in [0.1, 0.15) is 0 Å². The van der Waals surface area contributed by atoms with Crippen molar-refractivity contribution in [3.8, 4) is 0 Å². The summed E-state index contributed by atoms with van der Waals surface area (Å²) >= 11 is 0. The van der Waals surface area contributed by atoms with E-state index in [0.29, 0.717) is 11.3 Å². The van der Waals surface area contributed by atoms with E-state index in [-0.39, 0.29) is 22.9 Å². The molecule has 9 heteroatoms. The number of anilines is 1. The van der Waals surface area contributed by atoms with E-state index in [9.17, 15) is 19.2 Å². The first-order valence-corrected chi connectivity index (χ1v) is 8.26. The van der Waals surface area contributed by atoms with Crippen LogP contribution in [0.1, 0.15) is 30.2 Å². The van der Waals surface area contributed by atoms with Gasteiger partial charge in [-0.3, -0.25) is 23.5 Å². The highest BCUT2D eigenvalue weighted by atomic mass is 16.2. The van der Waals surface area contributed by atoms with E-state index < -0.39 is 17.3 Å². The maximum atomic E-state index is 12.9. The zero-order chi connectivity index (χ0) is 19.9. The van der Waals surface area contributed by atoms with Gasteiger partial charge in [-0.1, -0.05) is 0 Å². The van der Waals surface area contributed by atoms with Gasteiger partial charge in [-0.05, 0) is 31.2 Å². The molecule has 0 saturated heterocycles. The molecular formula is C18H19N5O4. The first-order chi connectivity index (χ1) is 12.7. The van der Waals surface area contributed by atoms with E-state index in [4.69, 9.17) is 0 Å². The third kappa shape index (κ3) is 3.07. The summed E-state index contributed by atoms with van der Waals surface area (Å²) in [5.41, 5.74) is 0.444. The van der Waals surface area contributed by atoms with Gasteiger partial charge in [0.2, 0.25) is 5.91 Å². The second kappa shape index (κ2) is 6.67. The molecule has 9 nitrogen and oxygen atoms in total. The highest BCUT2D eigenvalue weighted by Crippen LogP contribution is 2.19. The van der Waals surface area contributed by atoms with Crippen LogP contribution in [-0.2, 0) is 18.9 Å². The third-order valence-corrected chi connectivity index (χ3v) is 4.46. The summed E-state index contributed by atoms with van der Waals surface area (Å²) in [6, 6.07) is 5.78. The van der Waals surface area contributed by atoms with E-state index in [1.54, 1.807) is 31.2 Å². The van der Waals surface area contributed by atoms with Gasteiger partial charge >= 0.3 is 5.69 Å². The summed E-state index contributed by atoms with van der Waals surface area (Å²) in [6.07, 6.45) is 1.39. The maximum absolute atomic E-state index is 12.9. The Kier molecular flexibility index (Phi) is 4.52. The molecular weight excluding hydrogens is 350 g/mol. The number of rotatable bonds is 4. The molecule has 3 rings (SSSR count). The minimum Gasteiger partial charge on any atom is -0.326 e. The summed E-state index contributed by atoms with van der Waals surface area (Å²) in [6.45, 7) is 3.06. The van der Waals surface area contributed by atoms with Crippen molar-refractivity contribution >= 4 is 28.5 Å². The Bertz CT molecular complexity index is 1170. The minimum atomic E-state index is -0.702. The van der Waals surface area contributed by atoms with Crippen molar-refractivity contribution in [1.29, 1.82) is 0 Å². The lowest BCUT2D eigenvalue weighted by Gasteiger charge is -2.14. The van der Waals surface area contributed by atoms with E-state index >= 15 is 0 Å². The molecule has 140 valence electrons.